The minimum atomic E-state index is -0.303. The molecular formula is C13H11N5O. The van der Waals surface area contributed by atoms with E-state index in [4.69, 9.17) is 5.73 Å². The Kier molecular flexibility index (Phi) is 2.60. The van der Waals surface area contributed by atoms with Crippen molar-refractivity contribution in [3.8, 4) is 0 Å². The highest BCUT2D eigenvalue weighted by atomic mass is 16.1. The Labute approximate surface area is 108 Å². The topological polar surface area (TPSA) is 96.7 Å². The Bertz CT molecular complexity index is 744. The number of carbonyl (C=O) groups is 1. The van der Waals surface area contributed by atoms with Crippen LogP contribution in [0.25, 0.3) is 10.8 Å². The van der Waals surface area contributed by atoms with E-state index in [9.17, 15) is 4.79 Å². The van der Waals surface area contributed by atoms with Gasteiger partial charge in [0, 0.05) is 17.8 Å². The van der Waals surface area contributed by atoms with Gasteiger partial charge in [-0.3, -0.25) is 14.9 Å². The van der Waals surface area contributed by atoms with Crippen molar-refractivity contribution in [1.29, 1.82) is 0 Å². The van der Waals surface area contributed by atoms with Crippen molar-refractivity contribution in [3.63, 3.8) is 0 Å². The van der Waals surface area contributed by atoms with Crippen LogP contribution in [0.5, 0.6) is 0 Å². The summed E-state index contributed by atoms with van der Waals surface area (Å²) < 4.78 is 0. The minimum Gasteiger partial charge on any atom is -0.383 e. The molecule has 0 fully saturated rings. The Morgan fingerprint density at radius 2 is 2.16 bits per heavy atom. The van der Waals surface area contributed by atoms with Gasteiger partial charge in [-0.25, -0.2) is 0 Å². The Morgan fingerprint density at radius 3 is 2.95 bits per heavy atom. The molecule has 2 aromatic heterocycles. The molecular weight excluding hydrogens is 242 g/mol. The first kappa shape index (κ1) is 11.2. The summed E-state index contributed by atoms with van der Waals surface area (Å²) in [5.41, 5.74) is 6.63. The third kappa shape index (κ3) is 1.99. The lowest BCUT2D eigenvalue weighted by molar-refractivity contribution is 0.102. The van der Waals surface area contributed by atoms with E-state index in [1.54, 1.807) is 12.4 Å². The lowest BCUT2D eigenvalue weighted by Crippen LogP contribution is -2.13. The van der Waals surface area contributed by atoms with Gasteiger partial charge in [0.1, 0.15) is 11.4 Å². The zero-order valence-corrected chi connectivity index (χ0v) is 9.92. The van der Waals surface area contributed by atoms with Crippen LogP contribution in [0.1, 0.15) is 10.4 Å². The van der Waals surface area contributed by atoms with Crippen LogP contribution in [0.4, 0.5) is 11.5 Å². The van der Waals surface area contributed by atoms with Gasteiger partial charge in [-0.15, -0.1) is 0 Å². The largest absolute Gasteiger partial charge is 0.383 e. The molecule has 1 aromatic carbocycles. The van der Waals surface area contributed by atoms with E-state index < -0.39 is 0 Å². The molecule has 0 spiro atoms. The van der Waals surface area contributed by atoms with E-state index in [0.29, 0.717) is 11.3 Å². The normalized spacial score (nSPS) is 10.5. The van der Waals surface area contributed by atoms with Gasteiger partial charge in [-0.2, -0.15) is 5.10 Å². The number of amides is 1. The highest BCUT2D eigenvalue weighted by Gasteiger charge is 2.12. The molecule has 3 rings (SSSR count). The number of carbonyl (C=O) groups excluding carboxylic acids is 1. The van der Waals surface area contributed by atoms with Gasteiger partial charge in [0.15, 0.2) is 0 Å². The van der Waals surface area contributed by atoms with Crippen molar-refractivity contribution in [3.05, 3.63) is 48.4 Å². The smallest absolute Gasteiger partial charge is 0.261 e. The molecule has 0 atom stereocenters. The number of aromatic amines is 1. The van der Waals surface area contributed by atoms with Crippen LogP contribution in [0.3, 0.4) is 0 Å². The SMILES string of the molecule is Nc1[nH]ncc1C(=O)Nc1cccc2ccncc12. The Hall–Kier alpha value is -2.89. The van der Waals surface area contributed by atoms with E-state index in [2.05, 4.69) is 20.5 Å². The van der Waals surface area contributed by atoms with Gasteiger partial charge in [0.05, 0.1) is 11.9 Å². The number of benzene rings is 1. The number of aromatic nitrogens is 3. The van der Waals surface area contributed by atoms with Crippen LogP contribution in [-0.4, -0.2) is 21.1 Å². The standard InChI is InChI=1S/C13H11N5O/c14-12-10(7-16-18-12)13(19)17-11-3-1-2-8-4-5-15-6-9(8)11/h1-7H,(H,17,19)(H3,14,16,18). The molecule has 0 radical (unpaired) electrons. The van der Waals surface area contributed by atoms with E-state index in [-0.39, 0.29) is 11.7 Å². The number of H-pyrrole nitrogens is 1. The average molecular weight is 253 g/mol. The van der Waals surface area contributed by atoms with Gasteiger partial charge >= 0.3 is 0 Å². The fourth-order valence-corrected chi connectivity index (χ4v) is 1.89. The second kappa shape index (κ2) is 4.41. The number of pyridine rings is 1. The summed E-state index contributed by atoms with van der Waals surface area (Å²) in [6, 6.07) is 7.53. The highest BCUT2D eigenvalue weighted by Crippen LogP contribution is 2.23. The number of fused-ring (bicyclic) bond motifs is 1. The summed E-state index contributed by atoms with van der Waals surface area (Å²) in [4.78, 5) is 16.1. The number of nitrogens with one attached hydrogen (secondary N) is 2. The van der Waals surface area contributed by atoms with Crippen LogP contribution in [0.2, 0.25) is 0 Å². The van der Waals surface area contributed by atoms with E-state index >= 15 is 0 Å². The molecule has 0 aliphatic heterocycles. The summed E-state index contributed by atoms with van der Waals surface area (Å²) in [6.45, 7) is 0. The predicted octanol–water partition coefficient (Wildman–Crippen LogP) is 1.79. The molecule has 19 heavy (non-hydrogen) atoms. The molecule has 0 aliphatic rings. The molecule has 4 N–H and O–H groups in total. The third-order valence-electron chi connectivity index (χ3n) is 2.85. The maximum absolute atomic E-state index is 12.1. The second-order valence-electron chi connectivity index (χ2n) is 4.05. The molecule has 0 bridgehead atoms. The van der Waals surface area contributed by atoms with Crippen molar-refractivity contribution in [2.45, 2.75) is 0 Å². The van der Waals surface area contributed by atoms with Gasteiger partial charge in [0.2, 0.25) is 0 Å². The summed E-state index contributed by atoms with van der Waals surface area (Å²) in [7, 11) is 0. The predicted molar refractivity (Wildman–Crippen MR) is 72.7 cm³/mol. The van der Waals surface area contributed by atoms with Crippen molar-refractivity contribution >= 4 is 28.2 Å². The van der Waals surface area contributed by atoms with Gasteiger partial charge in [0.25, 0.3) is 5.91 Å². The molecule has 0 saturated carbocycles. The number of hydrogen-bond donors (Lipinski definition) is 3. The molecule has 0 aliphatic carbocycles. The fourth-order valence-electron chi connectivity index (χ4n) is 1.89. The zero-order chi connectivity index (χ0) is 13.2. The molecule has 94 valence electrons. The number of nitrogens with two attached hydrogens (primary N) is 1. The number of hydrogen-bond acceptors (Lipinski definition) is 4. The molecule has 6 heteroatoms. The molecule has 1 amide bonds. The molecule has 2 heterocycles. The summed E-state index contributed by atoms with van der Waals surface area (Å²) >= 11 is 0. The number of nitrogen functional groups attached to an aromatic ring is 1. The molecule has 3 aromatic rings. The van der Waals surface area contributed by atoms with Gasteiger partial charge in [-0.05, 0) is 17.5 Å². The van der Waals surface area contributed by atoms with E-state index in [1.165, 1.54) is 6.20 Å². The van der Waals surface area contributed by atoms with Crippen molar-refractivity contribution in [2.24, 2.45) is 0 Å². The lowest BCUT2D eigenvalue weighted by atomic mass is 10.1. The average Bonchev–Trinajstić information content (AvgIpc) is 2.85. The van der Waals surface area contributed by atoms with Crippen LogP contribution < -0.4 is 11.1 Å². The lowest BCUT2D eigenvalue weighted by Gasteiger charge is -2.07. The molecule has 0 unspecified atom stereocenters. The van der Waals surface area contributed by atoms with E-state index in [0.717, 1.165) is 10.8 Å². The number of nitrogens with zero attached hydrogens (tertiary/aromatic N) is 2. The van der Waals surface area contributed by atoms with Gasteiger partial charge < -0.3 is 11.1 Å². The van der Waals surface area contributed by atoms with Crippen LogP contribution in [-0.2, 0) is 0 Å². The Morgan fingerprint density at radius 1 is 1.26 bits per heavy atom. The second-order valence-corrected chi connectivity index (χ2v) is 4.05. The quantitative estimate of drug-likeness (QED) is 0.648. The first-order valence-corrected chi connectivity index (χ1v) is 5.68. The summed E-state index contributed by atoms with van der Waals surface area (Å²) in [5.74, 6) is -0.0570. The van der Waals surface area contributed by atoms with Crippen LogP contribution in [0.15, 0.2) is 42.9 Å². The zero-order valence-electron chi connectivity index (χ0n) is 9.92. The molecule has 0 saturated heterocycles. The summed E-state index contributed by atoms with van der Waals surface area (Å²) in [5, 5.41) is 10.9. The minimum absolute atomic E-state index is 0.246. The number of anilines is 2. The van der Waals surface area contributed by atoms with Crippen molar-refractivity contribution < 1.29 is 4.79 Å². The first-order valence-electron chi connectivity index (χ1n) is 5.68. The van der Waals surface area contributed by atoms with Crippen LogP contribution in [0, 0.1) is 0 Å². The highest BCUT2D eigenvalue weighted by molar-refractivity contribution is 6.10. The number of rotatable bonds is 2. The third-order valence-corrected chi connectivity index (χ3v) is 2.85. The molecule has 6 nitrogen and oxygen atoms in total. The fraction of sp³-hybridized carbons (Fsp3) is 0. The van der Waals surface area contributed by atoms with E-state index in [1.807, 2.05) is 24.3 Å². The van der Waals surface area contributed by atoms with Crippen molar-refractivity contribution in [2.75, 3.05) is 11.1 Å². The maximum Gasteiger partial charge on any atom is 0.261 e. The monoisotopic (exact) mass is 253 g/mol. The van der Waals surface area contributed by atoms with Gasteiger partial charge in [-0.1, -0.05) is 12.1 Å². The first-order chi connectivity index (χ1) is 9.25. The summed E-state index contributed by atoms with van der Waals surface area (Å²) in [6.07, 6.45) is 4.82. The van der Waals surface area contributed by atoms with Crippen molar-refractivity contribution in [1.82, 2.24) is 15.2 Å². The van der Waals surface area contributed by atoms with Crippen LogP contribution >= 0.6 is 0 Å². The maximum atomic E-state index is 12.1. The Balaban J connectivity index is 1.98.